The molecule has 0 bridgehead atoms. The molecule has 9 heteroatoms. The zero-order valence-corrected chi connectivity index (χ0v) is 18.1. The van der Waals surface area contributed by atoms with Crippen molar-refractivity contribution in [1.82, 2.24) is 20.2 Å². The molecule has 9 nitrogen and oxygen atoms in total. The van der Waals surface area contributed by atoms with Gasteiger partial charge in [-0.2, -0.15) is 0 Å². The summed E-state index contributed by atoms with van der Waals surface area (Å²) in [5, 5.41) is 16.3. The van der Waals surface area contributed by atoms with Gasteiger partial charge in [0.05, 0.1) is 12.8 Å². The van der Waals surface area contributed by atoms with Crippen LogP contribution in [0.3, 0.4) is 0 Å². The molecule has 0 aliphatic heterocycles. The van der Waals surface area contributed by atoms with Crippen molar-refractivity contribution in [2.45, 2.75) is 25.8 Å². The average Bonchev–Trinajstić information content (AvgIpc) is 3.16. The third-order valence-electron chi connectivity index (χ3n) is 4.94. The Morgan fingerprint density at radius 2 is 2.23 bits per heavy atom. The van der Waals surface area contributed by atoms with Crippen LogP contribution < -0.4 is 20.4 Å². The number of ether oxygens (including phenoxy) is 1. The summed E-state index contributed by atoms with van der Waals surface area (Å²) in [6.07, 6.45) is 5.16. The van der Waals surface area contributed by atoms with Gasteiger partial charge in [-0.15, -0.1) is 0 Å². The second-order valence-corrected chi connectivity index (χ2v) is 7.51. The number of rotatable bonds is 13. The number of carboxylic acid groups (broad SMARTS) is 1. The highest BCUT2D eigenvalue weighted by Gasteiger charge is 2.17. The van der Waals surface area contributed by atoms with E-state index in [1.165, 1.54) is 0 Å². The number of carboxylic acids is 1. The number of aromatic nitrogens is 3. The quantitative estimate of drug-likeness (QED) is 0.310. The van der Waals surface area contributed by atoms with Crippen molar-refractivity contribution in [3.05, 3.63) is 42.4 Å². The van der Waals surface area contributed by atoms with Crippen LogP contribution in [0, 0.1) is 0 Å². The lowest BCUT2D eigenvalue weighted by molar-refractivity contribution is -0.352. The first-order valence-electron chi connectivity index (χ1n) is 10.5. The van der Waals surface area contributed by atoms with E-state index in [2.05, 4.69) is 37.5 Å². The lowest BCUT2D eigenvalue weighted by atomic mass is 10.2. The van der Waals surface area contributed by atoms with E-state index in [9.17, 15) is 4.79 Å². The smallest absolute Gasteiger partial charge is 0.303 e. The van der Waals surface area contributed by atoms with Gasteiger partial charge in [0.25, 0.3) is 0 Å². The molecule has 0 aliphatic rings. The summed E-state index contributed by atoms with van der Waals surface area (Å²) in [5.41, 5.74) is 2.95. The summed E-state index contributed by atoms with van der Waals surface area (Å²) in [6.45, 7) is 3.16. The largest absolute Gasteiger partial charge is 0.494 e. The highest BCUT2D eigenvalue weighted by Crippen LogP contribution is 2.27. The standard InChI is InChI=1S/C22H30N6O3/c1-23-9-10-28(2)14-16-13-24-21-20(16)22(26-15-25-21)27-17-6-5-7-18(12-17)31-11-4-3-8-19(29)30/h5-7,12-13,15,23H,3-4,8-11,14H2,1-2H3,(H,29,30)(H2,24,25,26,27)/p+1. The second-order valence-electron chi connectivity index (χ2n) is 7.51. The van der Waals surface area contributed by atoms with Crippen LogP contribution >= 0.6 is 0 Å². The minimum absolute atomic E-state index is 0.167. The molecule has 3 aromatic rings. The summed E-state index contributed by atoms with van der Waals surface area (Å²) in [4.78, 5) is 23.8. The highest BCUT2D eigenvalue weighted by atomic mass is 16.5. The van der Waals surface area contributed by atoms with Crippen molar-refractivity contribution in [2.24, 2.45) is 0 Å². The predicted molar refractivity (Wildman–Crippen MR) is 120 cm³/mol. The summed E-state index contributed by atoms with van der Waals surface area (Å²) in [7, 11) is 4.05. The molecule has 0 saturated carbocycles. The molecule has 2 heterocycles. The molecule has 0 amide bonds. The lowest BCUT2D eigenvalue weighted by Crippen LogP contribution is -2.26. The average molecular weight is 428 g/mol. The number of aromatic amines is 2. The van der Waals surface area contributed by atoms with Crippen LogP contribution in [0.25, 0.3) is 11.0 Å². The van der Waals surface area contributed by atoms with E-state index in [0.29, 0.717) is 19.4 Å². The normalized spacial score (nSPS) is 11.2. The fourth-order valence-corrected chi connectivity index (χ4v) is 3.34. The van der Waals surface area contributed by atoms with Gasteiger partial charge >= 0.3 is 5.97 Å². The van der Waals surface area contributed by atoms with Gasteiger partial charge in [-0.3, -0.25) is 9.78 Å². The van der Waals surface area contributed by atoms with E-state index in [-0.39, 0.29) is 6.42 Å². The maximum absolute atomic E-state index is 10.6. The zero-order chi connectivity index (χ0) is 22.1. The lowest BCUT2D eigenvalue weighted by Gasteiger charge is -2.15. The van der Waals surface area contributed by atoms with Gasteiger partial charge in [0.1, 0.15) is 11.1 Å². The van der Waals surface area contributed by atoms with Crippen LogP contribution in [0.1, 0.15) is 24.8 Å². The highest BCUT2D eigenvalue weighted by molar-refractivity contribution is 5.90. The topological polar surface area (TPSA) is 117 Å². The van der Waals surface area contributed by atoms with Gasteiger partial charge in [0, 0.05) is 43.4 Å². The Bertz CT molecular complexity index is 990. The van der Waals surface area contributed by atoms with E-state index < -0.39 is 5.97 Å². The SMILES string of the molecule is CNCCN(C)Cc1c[nH]c2[nH+]cnc(Nc3cccc(OCCCCC(=O)O)c3)c12. The maximum atomic E-state index is 10.6. The molecule has 0 spiro atoms. The Labute approximate surface area is 181 Å². The molecule has 1 aromatic carbocycles. The number of unbranched alkanes of at least 4 members (excludes halogenated alkanes) is 1. The monoisotopic (exact) mass is 427 g/mol. The molecule has 0 radical (unpaired) electrons. The van der Waals surface area contributed by atoms with Crippen molar-refractivity contribution in [2.75, 3.05) is 39.1 Å². The van der Waals surface area contributed by atoms with Gasteiger partial charge < -0.3 is 25.4 Å². The number of aliphatic carboxylic acids is 1. The Morgan fingerprint density at radius 3 is 3.03 bits per heavy atom. The third kappa shape index (κ3) is 6.66. The zero-order valence-electron chi connectivity index (χ0n) is 18.1. The van der Waals surface area contributed by atoms with E-state index >= 15 is 0 Å². The van der Waals surface area contributed by atoms with Gasteiger partial charge in [0.15, 0.2) is 0 Å². The minimum atomic E-state index is -0.775. The molecule has 0 saturated heterocycles. The predicted octanol–water partition coefficient (Wildman–Crippen LogP) is 2.41. The van der Waals surface area contributed by atoms with Gasteiger partial charge in [0.2, 0.25) is 17.8 Å². The first kappa shape index (κ1) is 22.5. The first-order chi connectivity index (χ1) is 15.1. The summed E-state index contributed by atoms with van der Waals surface area (Å²) < 4.78 is 5.77. The molecule has 0 atom stereocenters. The maximum Gasteiger partial charge on any atom is 0.303 e. The summed E-state index contributed by atoms with van der Waals surface area (Å²) >= 11 is 0. The van der Waals surface area contributed by atoms with E-state index in [1.54, 1.807) is 6.33 Å². The number of nitrogens with one attached hydrogen (secondary N) is 4. The third-order valence-corrected chi connectivity index (χ3v) is 4.94. The van der Waals surface area contributed by atoms with Crippen molar-refractivity contribution >= 4 is 28.5 Å². The number of likely N-dealkylation sites (N-methyl/N-ethyl adjacent to an activating group) is 2. The summed E-state index contributed by atoms with van der Waals surface area (Å²) in [5.74, 6) is 0.730. The molecular formula is C22H31N6O3+. The Hall–Kier alpha value is -3.17. The number of H-pyrrole nitrogens is 2. The fraction of sp³-hybridized carbons (Fsp3) is 0.409. The van der Waals surface area contributed by atoms with Gasteiger partial charge in [-0.05, 0) is 39.1 Å². The molecule has 166 valence electrons. The van der Waals surface area contributed by atoms with Crippen molar-refractivity contribution in [3.63, 3.8) is 0 Å². The summed E-state index contributed by atoms with van der Waals surface area (Å²) in [6, 6.07) is 7.70. The van der Waals surface area contributed by atoms with Crippen LogP contribution in [0.4, 0.5) is 11.5 Å². The van der Waals surface area contributed by atoms with Crippen molar-refractivity contribution in [3.8, 4) is 5.75 Å². The first-order valence-corrected chi connectivity index (χ1v) is 10.5. The van der Waals surface area contributed by atoms with E-state index in [0.717, 1.165) is 53.5 Å². The van der Waals surface area contributed by atoms with E-state index in [1.807, 2.05) is 37.5 Å². The fourth-order valence-electron chi connectivity index (χ4n) is 3.34. The molecule has 5 N–H and O–H groups in total. The van der Waals surface area contributed by atoms with Crippen LogP contribution in [-0.2, 0) is 11.3 Å². The Kier molecular flexibility index (Phi) is 8.19. The number of benzene rings is 1. The number of hydrogen-bond donors (Lipinski definition) is 4. The van der Waals surface area contributed by atoms with Crippen molar-refractivity contribution in [1.29, 1.82) is 0 Å². The molecule has 0 fully saturated rings. The number of carbonyl (C=O) groups is 1. The van der Waals surface area contributed by atoms with E-state index in [4.69, 9.17) is 9.84 Å². The van der Waals surface area contributed by atoms with Crippen molar-refractivity contribution < 1.29 is 19.6 Å². The van der Waals surface area contributed by atoms with Crippen LogP contribution in [0.5, 0.6) is 5.75 Å². The number of anilines is 2. The van der Waals surface area contributed by atoms with Crippen LogP contribution in [-0.4, -0.2) is 59.7 Å². The Balaban J connectivity index is 1.68. The second kappa shape index (κ2) is 11.3. The molecule has 0 aliphatic carbocycles. The van der Waals surface area contributed by atoms with Gasteiger partial charge in [-0.1, -0.05) is 11.1 Å². The molecule has 31 heavy (non-hydrogen) atoms. The number of fused-ring (bicyclic) bond motifs is 1. The van der Waals surface area contributed by atoms with Crippen LogP contribution in [0.15, 0.2) is 36.8 Å². The molecule has 0 unspecified atom stereocenters. The van der Waals surface area contributed by atoms with Gasteiger partial charge in [-0.25, -0.2) is 4.98 Å². The minimum Gasteiger partial charge on any atom is -0.494 e. The molecule has 2 aromatic heterocycles. The molecular weight excluding hydrogens is 396 g/mol. The number of hydrogen-bond acceptors (Lipinski definition) is 6. The number of nitrogens with zero attached hydrogens (tertiary/aromatic N) is 2. The Morgan fingerprint density at radius 1 is 1.35 bits per heavy atom. The molecule has 3 rings (SSSR count). The van der Waals surface area contributed by atoms with Crippen LogP contribution in [0.2, 0.25) is 0 Å².